The fourth-order valence-electron chi connectivity index (χ4n) is 2.38. The fourth-order valence-corrected chi connectivity index (χ4v) is 3.31. The van der Waals surface area contributed by atoms with Crippen molar-refractivity contribution in [3.05, 3.63) is 11.1 Å². The molecule has 1 fully saturated rings. The van der Waals surface area contributed by atoms with E-state index < -0.39 is 12.8 Å². The topological polar surface area (TPSA) is 28.6 Å². The minimum Gasteiger partial charge on any atom is -0.371 e. The Bertz CT molecular complexity index is 452. The van der Waals surface area contributed by atoms with E-state index >= 15 is 0 Å². The smallest absolute Gasteiger partial charge is 0.371 e. The van der Waals surface area contributed by atoms with Gasteiger partial charge in [-0.1, -0.05) is 0 Å². The molecule has 0 unspecified atom stereocenters. The van der Waals surface area contributed by atoms with Gasteiger partial charge in [0, 0.05) is 37.6 Å². The van der Waals surface area contributed by atoms with Crippen LogP contribution in [-0.2, 0) is 4.74 Å². The number of hydrogen-bond donors (Lipinski definition) is 0. The predicted octanol–water partition coefficient (Wildman–Crippen LogP) is 2.54. The van der Waals surface area contributed by atoms with Crippen LogP contribution in [0.1, 0.15) is 12.6 Å². The van der Waals surface area contributed by atoms with Gasteiger partial charge in [-0.25, -0.2) is 4.98 Å². The van der Waals surface area contributed by atoms with Gasteiger partial charge in [0.05, 0.1) is 12.3 Å². The second-order valence-corrected chi connectivity index (χ2v) is 6.12. The zero-order valence-corrected chi connectivity index (χ0v) is 13.0. The number of hydrogen-bond acceptors (Lipinski definition) is 5. The largest absolute Gasteiger partial charge is 0.411 e. The van der Waals surface area contributed by atoms with Crippen LogP contribution < -0.4 is 4.90 Å². The van der Waals surface area contributed by atoms with Gasteiger partial charge in [0.25, 0.3) is 0 Å². The van der Waals surface area contributed by atoms with Crippen molar-refractivity contribution in [2.45, 2.75) is 26.1 Å². The zero-order valence-electron chi connectivity index (χ0n) is 12.2. The summed E-state index contributed by atoms with van der Waals surface area (Å²) in [6.45, 7) is 6.03. The second-order valence-electron chi connectivity index (χ2n) is 5.28. The number of aryl methyl sites for hydroxylation is 1. The summed E-state index contributed by atoms with van der Waals surface area (Å²) >= 11 is 1.63. The third kappa shape index (κ3) is 5.12. The van der Waals surface area contributed by atoms with E-state index in [-0.39, 0.29) is 6.61 Å². The standard InChI is InChI=1S/C13H20F3N3OS/c1-10-8-21-12(17-10)19-4-3-18(7-11(19)2)5-6-20-9-13(14,15)16/h8,11H,3-7,9H2,1-2H3/t11-/m1/s1. The van der Waals surface area contributed by atoms with Crippen LogP contribution in [0, 0.1) is 6.92 Å². The highest BCUT2D eigenvalue weighted by atomic mass is 32.1. The Labute approximate surface area is 126 Å². The molecule has 1 atom stereocenters. The number of ether oxygens (including phenoxy) is 1. The molecule has 4 nitrogen and oxygen atoms in total. The molecule has 0 saturated carbocycles. The van der Waals surface area contributed by atoms with Gasteiger partial charge in [-0.05, 0) is 13.8 Å². The minimum absolute atomic E-state index is 0.114. The fraction of sp³-hybridized carbons (Fsp3) is 0.769. The predicted molar refractivity (Wildman–Crippen MR) is 77.0 cm³/mol. The van der Waals surface area contributed by atoms with E-state index in [0.29, 0.717) is 12.6 Å². The Morgan fingerprint density at radius 3 is 2.76 bits per heavy atom. The van der Waals surface area contributed by atoms with Crippen molar-refractivity contribution >= 4 is 16.5 Å². The molecule has 2 heterocycles. The Balaban J connectivity index is 1.73. The lowest BCUT2D eigenvalue weighted by Gasteiger charge is -2.39. The molecule has 21 heavy (non-hydrogen) atoms. The van der Waals surface area contributed by atoms with Crippen molar-refractivity contribution < 1.29 is 17.9 Å². The Hall–Kier alpha value is -0.860. The van der Waals surface area contributed by atoms with Gasteiger partial charge in [-0.3, -0.25) is 4.90 Å². The molecule has 0 N–H and O–H groups in total. The number of anilines is 1. The van der Waals surface area contributed by atoms with Gasteiger partial charge in [0.2, 0.25) is 0 Å². The molecule has 0 aromatic carbocycles. The SMILES string of the molecule is Cc1csc(N2CCN(CCOCC(F)(F)F)C[C@H]2C)n1. The van der Waals surface area contributed by atoms with Crippen molar-refractivity contribution in [2.24, 2.45) is 0 Å². The first-order valence-electron chi connectivity index (χ1n) is 6.91. The van der Waals surface area contributed by atoms with E-state index in [2.05, 4.69) is 26.4 Å². The van der Waals surface area contributed by atoms with Crippen molar-refractivity contribution in [3.63, 3.8) is 0 Å². The number of piperazine rings is 1. The first-order valence-corrected chi connectivity index (χ1v) is 7.79. The molecule has 2 rings (SSSR count). The van der Waals surface area contributed by atoms with Gasteiger partial charge >= 0.3 is 6.18 Å². The maximum Gasteiger partial charge on any atom is 0.411 e. The number of thiazole rings is 1. The average molecular weight is 323 g/mol. The van der Waals surface area contributed by atoms with Crippen LogP contribution in [-0.4, -0.2) is 61.5 Å². The molecule has 0 spiro atoms. The van der Waals surface area contributed by atoms with E-state index in [1.54, 1.807) is 11.3 Å². The quantitative estimate of drug-likeness (QED) is 0.779. The molecular formula is C13H20F3N3OS. The molecule has 0 aliphatic carbocycles. The Morgan fingerprint density at radius 2 is 2.19 bits per heavy atom. The van der Waals surface area contributed by atoms with Crippen LogP contribution in [0.25, 0.3) is 0 Å². The molecular weight excluding hydrogens is 303 g/mol. The number of halogens is 3. The molecule has 1 saturated heterocycles. The Morgan fingerprint density at radius 1 is 1.43 bits per heavy atom. The second kappa shape index (κ2) is 6.93. The normalized spacial score (nSPS) is 21.0. The third-order valence-electron chi connectivity index (χ3n) is 3.38. The highest BCUT2D eigenvalue weighted by Crippen LogP contribution is 2.24. The van der Waals surface area contributed by atoms with E-state index in [0.717, 1.165) is 30.5 Å². The van der Waals surface area contributed by atoms with Gasteiger partial charge < -0.3 is 9.64 Å². The summed E-state index contributed by atoms with van der Waals surface area (Å²) in [7, 11) is 0. The highest BCUT2D eigenvalue weighted by Gasteiger charge is 2.28. The lowest BCUT2D eigenvalue weighted by atomic mass is 10.2. The number of alkyl halides is 3. The highest BCUT2D eigenvalue weighted by molar-refractivity contribution is 7.13. The summed E-state index contributed by atoms with van der Waals surface area (Å²) in [5, 5.41) is 3.05. The number of rotatable bonds is 5. The van der Waals surface area contributed by atoms with Crippen molar-refractivity contribution in [1.82, 2.24) is 9.88 Å². The van der Waals surface area contributed by atoms with E-state index in [1.807, 2.05) is 12.3 Å². The van der Waals surface area contributed by atoms with E-state index in [9.17, 15) is 13.2 Å². The summed E-state index contributed by atoms with van der Waals surface area (Å²) < 4.78 is 40.6. The van der Waals surface area contributed by atoms with Gasteiger partial charge in [-0.15, -0.1) is 11.3 Å². The summed E-state index contributed by atoms with van der Waals surface area (Å²) in [5.41, 5.74) is 1.02. The van der Waals surface area contributed by atoms with Gasteiger partial charge in [0.1, 0.15) is 6.61 Å². The summed E-state index contributed by atoms with van der Waals surface area (Å²) in [4.78, 5) is 8.88. The zero-order chi connectivity index (χ0) is 15.5. The monoisotopic (exact) mass is 323 g/mol. The molecule has 0 amide bonds. The maximum absolute atomic E-state index is 12.0. The minimum atomic E-state index is -4.24. The molecule has 1 aromatic rings. The summed E-state index contributed by atoms with van der Waals surface area (Å²) in [5.74, 6) is 0. The lowest BCUT2D eigenvalue weighted by Crippen LogP contribution is -2.52. The van der Waals surface area contributed by atoms with Crippen LogP contribution in [0.2, 0.25) is 0 Å². The summed E-state index contributed by atoms with van der Waals surface area (Å²) in [6.07, 6.45) is -4.24. The first kappa shape index (κ1) is 16.5. The lowest BCUT2D eigenvalue weighted by molar-refractivity contribution is -0.174. The van der Waals surface area contributed by atoms with Crippen LogP contribution in [0.4, 0.5) is 18.3 Å². The Kier molecular flexibility index (Phi) is 5.45. The van der Waals surface area contributed by atoms with Gasteiger partial charge in [-0.2, -0.15) is 13.2 Å². The van der Waals surface area contributed by atoms with Crippen LogP contribution in [0.15, 0.2) is 5.38 Å². The molecule has 120 valence electrons. The summed E-state index contributed by atoms with van der Waals surface area (Å²) in [6, 6.07) is 0.298. The van der Waals surface area contributed by atoms with Crippen molar-refractivity contribution in [3.8, 4) is 0 Å². The van der Waals surface area contributed by atoms with Crippen LogP contribution in [0.3, 0.4) is 0 Å². The third-order valence-corrected chi connectivity index (χ3v) is 4.38. The van der Waals surface area contributed by atoms with Crippen LogP contribution in [0.5, 0.6) is 0 Å². The molecule has 1 aromatic heterocycles. The molecule has 1 aliphatic rings. The van der Waals surface area contributed by atoms with Gasteiger partial charge in [0.15, 0.2) is 5.13 Å². The number of nitrogens with zero attached hydrogens (tertiary/aromatic N) is 3. The average Bonchev–Trinajstić information content (AvgIpc) is 2.80. The van der Waals surface area contributed by atoms with E-state index in [4.69, 9.17) is 0 Å². The van der Waals surface area contributed by atoms with Crippen molar-refractivity contribution in [2.75, 3.05) is 44.3 Å². The van der Waals surface area contributed by atoms with Crippen molar-refractivity contribution in [1.29, 1.82) is 0 Å². The number of aromatic nitrogens is 1. The molecule has 0 bridgehead atoms. The molecule has 1 aliphatic heterocycles. The van der Waals surface area contributed by atoms with E-state index in [1.165, 1.54) is 0 Å². The van der Waals surface area contributed by atoms with Crippen LogP contribution >= 0.6 is 11.3 Å². The first-order chi connectivity index (χ1) is 9.85. The molecule has 8 heteroatoms. The maximum atomic E-state index is 12.0. The molecule has 0 radical (unpaired) electrons.